The first-order valence-corrected chi connectivity index (χ1v) is 11.7. The Balaban J connectivity index is 1.65. The molecular weight excluding hydrogens is 466 g/mol. The SMILES string of the molecule is C=CC(=O)N1CC(NC(=O)Cn2cc(-c3ccccc3C(C)C)c3cc(Br)cc(C)c32)C1. The van der Waals surface area contributed by atoms with Gasteiger partial charge in [-0.15, -0.1) is 0 Å². The second-order valence-electron chi connectivity index (χ2n) is 8.74. The molecule has 2 aromatic carbocycles. The summed E-state index contributed by atoms with van der Waals surface area (Å²) in [7, 11) is 0. The minimum atomic E-state index is -0.0958. The van der Waals surface area contributed by atoms with E-state index < -0.39 is 0 Å². The lowest BCUT2D eigenvalue weighted by Crippen LogP contribution is -2.61. The summed E-state index contributed by atoms with van der Waals surface area (Å²) in [6.45, 7) is 11.3. The van der Waals surface area contributed by atoms with Gasteiger partial charge in [0.2, 0.25) is 11.8 Å². The molecule has 1 aliphatic heterocycles. The molecule has 0 unspecified atom stereocenters. The number of amides is 2. The van der Waals surface area contributed by atoms with Crippen LogP contribution in [0.4, 0.5) is 0 Å². The molecule has 0 bridgehead atoms. The topological polar surface area (TPSA) is 54.3 Å². The summed E-state index contributed by atoms with van der Waals surface area (Å²) in [5, 5.41) is 4.18. The van der Waals surface area contributed by atoms with Gasteiger partial charge in [0.25, 0.3) is 0 Å². The van der Waals surface area contributed by atoms with Crippen molar-refractivity contribution in [3.05, 3.63) is 70.8 Å². The van der Waals surface area contributed by atoms with Crippen LogP contribution in [0.2, 0.25) is 0 Å². The van der Waals surface area contributed by atoms with Crippen LogP contribution in [0.15, 0.2) is 59.7 Å². The summed E-state index contributed by atoms with van der Waals surface area (Å²) in [5.74, 6) is 0.242. The number of fused-ring (bicyclic) bond motifs is 1. The lowest BCUT2D eigenvalue weighted by molar-refractivity contribution is -0.133. The largest absolute Gasteiger partial charge is 0.348 e. The molecule has 1 aliphatic rings. The van der Waals surface area contributed by atoms with Crippen LogP contribution in [0.1, 0.15) is 30.9 Å². The average molecular weight is 494 g/mol. The van der Waals surface area contributed by atoms with E-state index in [2.05, 4.69) is 91.2 Å². The fourth-order valence-corrected chi connectivity index (χ4v) is 5.08. The van der Waals surface area contributed by atoms with Gasteiger partial charge in [-0.25, -0.2) is 0 Å². The van der Waals surface area contributed by atoms with E-state index in [1.807, 2.05) is 4.57 Å². The summed E-state index contributed by atoms with van der Waals surface area (Å²) in [6, 6.07) is 12.7. The molecule has 0 aliphatic carbocycles. The Morgan fingerprint density at radius 3 is 2.62 bits per heavy atom. The van der Waals surface area contributed by atoms with E-state index in [-0.39, 0.29) is 24.4 Å². The Labute approximate surface area is 197 Å². The summed E-state index contributed by atoms with van der Waals surface area (Å²) >= 11 is 3.64. The van der Waals surface area contributed by atoms with E-state index >= 15 is 0 Å². The van der Waals surface area contributed by atoms with Crippen molar-refractivity contribution in [1.29, 1.82) is 0 Å². The van der Waals surface area contributed by atoms with Crippen molar-refractivity contribution in [2.45, 2.75) is 39.3 Å². The van der Waals surface area contributed by atoms with Gasteiger partial charge in [-0.3, -0.25) is 9.59 Å². The van der Waals surface area contributed by atoms with Gasteiger partial charge in [-0.05, 0) is 47.7 Å². The van der Waals surface area contributed by atoms with Crippen LogP contribution < -0.4 is 5.32 Å². The van der Waals surface area contributed by atoms with Crippen LogP contribution in [0.25, 0.3) is 22.0 Å². The molecule has 3 aromatic rings. The number of aromatic nitrogens is 1. The summed E-state index contributed by atoms with van der Waals surface area (Å²) in [6.07, 6.45) is 3.40. The zero-order chi connectivity index (χ0) is 23.0. The molecule has 4 rings (SSSR count). The van der Waals surface area contributed by atoms with E-state index in [0.717, 1.165) is 26.5 Å². The van der Waals surface area contributed by atoms with Crippen molar-refractivity contribution in [2.24, 2.45) is 0 Å². The lowest BCUT2D eigenvalue weighted by Gasteiger charge is -2.38. The Morgan fingerprint density at radius 1 is 1.22 bits per heavy atom. The molecule has 0 atom stereocenters. The van der Waals surface area contributed by atoms with Gasteiger partial charge in [-0.2, -0.15) is 0 Å². The Hall–Kier alpha value is -2.86. The predicted molar refractivity (Wildman–Crippen MR) is 133 cm³/mol. The number of benzene rings is 2. The van der Waals surface area contributed by atoms with E-state index in [4.69, 9.17) is 0 Å². The number of hydrogen-bond acceptors (Lipinski definition) is 2. The number of carbonyl (C=O) groups is 2. The van der Waals surface area contributed by atoms with Gasteiger partial charge in [-0.1, -0.05) is 60.6 Å². The summed E-state index contributed by atoms with van der Waals surface area (Å²) in [5.41, 5.74) is 5.79. The molecule has 1 fully saturated rings. The Kier molecular flexibility index (Phi) is 6.24. The van der Waals surface area contributed by atoms with Crippen LogP contribution in [-0.2, 0) is 16.1 Å². The molecule has 0 spiro atoms. The second kappa shape index (κ2) is 8.94. The van der Waals surface area contributed by atoms with Crippen LogP contribution in [-0.4, -0.2) is 40.4 Å². The van der Waals surface area contributed by atoms with Crippen molar-refractivity contribution in [2.75, 3.05) is 13.1 Å². The number of likely N-dealkylation sites (tertiary alicyclic amines) is 1. The minimum Gasteiger partial charge on any atom is -0.348 e. The van der Waals surface area contributed by atoms with E-state index in [1.165, 1.54) is 17.2 Å². The summed E-state index contributed by atoms with van der Waals surface area (Å²) in [4.78, 5) is 26.1. The molecule has 166 valence electrons. The maximum Gasteiger partial charge on any atom is 0.246 e. The highest BCUT2D eigenvalue weighted by molar-refractivity contribution is 9.10. The van der Waals surface area contributed by atoms with E-state index in [0.29, 0.717) is 19.0 Å². The molecule has 1 aromatic heterocycles. The zero-order valence-corrected chi connectivity index (χ0v) is 20.3. The maximum atomic E-state index is 12.8. The van der Waals surface area contributed by atoms with E-state index in [9.17, 15) is 9.59 Å². The molecule has 0 radical (unpaired) electrons. The number of rotatable bonds is 6. The quantitative estimate of drug-likeness (QED) is 0.490. The van der Waals surface area contributed by atoms with Gasteiger partial charge in [0.05, 0.1) is 11.6 Å². The Morgan fingerprint density at radius 2 is 1.94 bits per heavy atom. The molecule has 5 nitrogen and oxygen atoms in total. The third kappa shape index (κ3) is 4.24. The molecule has 2 heterocycles. The number of aryl methyl sites for hydroxylation is 1. The van der Waals surface area contributed by atoms with Crippen LogP contribution in [0.5, 0.6) is 0 Å². The molecule has 32 heavy (non-hydrogen) atoms. The fourth-order valence-electron chi connectivity index (χ4n) is 4.50. The summed E-state index contributed by atoms with van der Waals surface area (Å²) < 4.78 is 3.07. The second-order valence-corrected chi connectivity index (χ2v) is 9.66. The van der Waals surface area contributed by atoms with Gasteiger partial charge in [0, 0.05) is 34.7 Å². The smallest absolute Gasteiger partial charge is 0.246 e. The van der Waals surface area contributed by atoms with Gasteiger partial charge in [0.1, 0.15) is 6.54 Å². The maximum absolute atomic E-state index is 12.8. The van der Waals surface area contributed by atoms with Gasteiger partial charge < -0.3 is 14.8 Å². The predicted octanol–water partition coefficient (Wildman–Crippen LogP) is 5.02. The van der Waals surface area contributed by atoms with Gasteiger partial charge >= 0.3 is 0 Å². The van der Waals surface area contributed by atoms with Crippen molar-refractivity contribution in [3.63, 3.8) is 0 Å². The highest BCUT2D eigenvalue weighted by Crippen LogP contribution is 2.38. The standard InChI is InChI=1S/C26H28BrN3O2/c1-5-25(32)29-12-19(13-29)28-24(31)15-30-14-23(21-9-7-6-8-20(21)16(2)3)22-11-18(27)10-17(4)26(22)30/h5-11,14,16,19H,1,12-13,15H2,2-4H3,(H,28,31). The third-order valence-corrected chi connectivity index (χ3v) is 6.51. The Bertz CT molecular complexity index is 1210. The monoisotopic (exact) mass is 493 g/mol. The average Bonchev–Trinajstić information content (AvgIpc) is 3.07. The highest BCUT2D eigenvalue weighted by Gasteiger charge is 2.30. The van der Waals surface area contributed by atoms with Crippen molar-refractivity contribution >= 4 is 38.6 Å². The third-order valence-electron chi connectivity index (χ3n) is 6.05. The zero-order valence-electron chi connectivity index (χ0n) is 18.7. The number of carbonyl (C=O) groups excluding carboxylic acids is 2. The van der Waals surface area contributed by atoms with Crippen molar-refractivity contribution in [1.82, 2.24) is 14.8 Å². The normalized spacial score (nSPS) is 14.0. The molecule has 1 N–H and O–H groups in total. The number of nitrogens with one attached hydrogen (secondary N) is 1. The van der Waals surface area contributed by atoms with Crippen LogP contribution in [0, 0.1) is 6.92 Å². The number of hydrogen-bond donors (Lipinski definition) is 1. The molecular formula is C26H28BrN3O2. The van der Waals surface area contributed by atoms with Crippen molar-refractivity contribution < 1.29 is 9.59 Å². The molecule has 1 saturated heterocycles. The first kappa shape index (κ1) is 22.3. The molecule has 0 saturated carbocycles. The first-order valence-electron chi connectivity index (χ1n) is 10.9. The first-order chi connectivity index (χ1) is 15.3. The number of nitrogens with zero attached hydrogens (tertiary/aromatic N) is 2. The number of halogens is 1. The fraction of sp³-hybridized carbons (Fsp3) is 0.308. The van der Waals surface area contributed by atoms with Crippen LogP contribution >= 0.6 is 15.9 Å². The van der Waals surface area contributed by atoms with E-state index in [1.54, 1.807) is 4.90 Å². The molecule has 6 heteroatoms. The van der Waals surface area contributed by atoms with Crippen LogP contribution in [0.3, 0.4) is 0 Å². The van der Waals surface area contributed by atoms with Crippen molar-refractivity contribution in [3.8, 4) is 11.1 Å². The van der Waals surface area contributed by atoms with Gasteiger partial charge in [0.15, 0.2) is 0 Å². The molecule has 2 amide bonds. The minimum absolute atomic E-state index is 0.00962. The highest BCUT2D eigenvalue weighted by atomic mass is 79.9. The lowest BCUT2D eigenvalue weighted by atomic mass is 9.92.